The summed E-state index contributed by atoms with van der Waals surface area (Å²) in [6, 6.07) is 0. The largest absolute Gasteiger partial charge is 0.544 e. The van der Waals surface area contributed by atoms with E-state index in [-0.39, 0.29) is 25.0 Å². The molecule has 0 spiro atoms. The molecular weight excluding hydrogens is 568 g/mol. The van der Waals surface area contributed by atoms with E-state index in [1.807, 2.05) is 27.9 Å². The maximum Gasteiger partial charge on any atom is 0.219 e. The third-order valence-corrected chi connectivity index (χ3v) is 7.67. The van der Waals surface area contributed by atoms with Crippen molar-refractivity contribution < 1.29 is 48.3 Å². The van der Waals surface area contributed by atoms with Crippen molar-refractivity contribution in [2.75, 3.05) is 73.4 Å². The first kappa shape index (κ1) is 42.7. The number of aliphatic carboxylic acids is 1. The van der Waals surface area contributed by atoms with E-state index in [2.05, 4.69) is 12.2 Å². The Morgan fingerprint density at radius 3 is 1.80 bits per heavy atom. The minimum atomic E-state index is -1.07. The predicted molar refractivity (Wildman–Crippen MR) is 170 cm³/mol. The zero-order chi connectivity index (χ0) is 33.1. The summed E-state index contributed by atoms with van der Waals surface area (Å²) in [4.78, 5) is 22.9. The molecule has 1 amide bonds. The van der Waals surface area contributed by atoms with Crippen LogP contribution in [0.15, 0.2) is 0 Å². The highest BCUT2D eigenvalue weighted by Crippen LogP contribution is 2.20. The number of aliphatic hydroxyl groups excluding tert-OH is 2. The molecule has 0 aliphatic heterocycles. The highest BCUT2D eigenvalue weighted by Gasteiger charge is 2.27. The van der Waals surface area contributed by atoms with E-state index in [0.29, 0.717) is 76.5 Å². The maximum atomic E-state index is 12.1. The molecule has 0 fully saturated rings. The Kier molecular flexibility index (Phi) is 27.1. The smallest absolute Gasteiger partial charge is 0.219 e. The highest BCUT2D eigenvalue weighted by atomic mass is 16.5. The number of carboxylic acids is 1. The fourth-order valence-corrected chi connectivity index (χ4v) is 5.14. The van der Waals surface area contributed by atoms with Gasteiger partial charge in [-0.1, -0.05) is 51.9 Å². The van der Waals surface area contributed by atoms with Gasteiger partial charge in [-0.15, -0.1) is 0 Å². The molecule has 0 aromatic carbocycles. The molecule has 262 valence electrons. The fourth-order valence-electron chi connectivity index (χ4n) is 5.14. The molecule has 0 aromatic rings. The summed E-state index contributed by atoms with van der Waals surface area (Å²) in [5, 5.41) is 35.8. The molecule has 11 heteroatoms. The molecule has 0 aliphatic rings. The van der Waals surface area contributed by atoms with Crippen LogP contribution in [0, 0.1) is 0 Å². The normalized spacial score (nSPS) is 14.7. The standard InChI is InChI=1S/C33H66N2O9/c1-6-9-13-17-30(43-24-22-41-7-2)28(36)26-29(37)31(44-25-23-42-8-3)18-14-11-10-12-15-19-32(38)34-20-16-21-35(4,5)27-33(39)40/h28-31,36-37H,6-27H2,1-5H3,(H-,34,38,39,40). The molecule has 0 radical (unpaired) electrons. The number of carboxylic acid groups (broad SMARTS) is 1. The van der Waals surface area contributed by atoms with Gasteiger partial charge in [-0.25, -0.2) is 0 Å². The maximum absolute atomic E-state index is 12.1. The molecule has 11 nitrogen and oxygen atoms in total. The van der Waals surface area contributed by atoms with Crippen molar-refractivity contribution >= 4 is 11.9 Å². The molecule has 0 saturated carbocycles. The van der Waals surface area contributed by atoms with Crippen LogP contribution < -0.4 is 10.4 Å². The Labute approximate surface area is 267 Å². The molecule has 0 heterocycles. The minimum Gasteiger partial charge on any atom is -0.544 e. The van der Waals surface area contributed by atoms with E-state index >= 15 is 0 Å². The van der Waals surface area contributed by atoms with Crippen molar-refractivity contribution in [1.82, 2.24) is 5.32 Å². The van der Waals surface area contributed by atoms with Crippen LogP contribution >= 0.6 is 0 Å². The van der Waals surface area contributed by atoms with Gasteiger partial charge in [0.05, 0.1) is 77.5 Å². The van der Waals surface area contributed by atoms with E-state index in [0.717, 1.165) is 57.8 Å². The Morgan fingerprint density at radius 1 is 0.750 bits per heavy atom. The van der Waals surface area contributed by atoms with E-state index in [4.69, 9.17) is 18.9 Å². The highest BCUT2D eigenvalue weighted by molar-refractivity contribution is 5.75. The summed E-state index contributed by atoms with van der Waals surface area (Å²) >= 11 is 0. The second-order valence-corrected chi connectivity index (χ2v) is 12.3. The van der Waals surface area contributed by atoms with Crippen LogP contribution in [0.25, 0.3) is 0 Å². The monoisotopic (exact) mass is 634 g/mol. The van der Waals surface area contributed by atoms with Gasteiger partial charge in [0.15, 0.2) is 0 Å². The van der Waals surface area contributed by atoms with E-state index in [1.165, 1.54) is 0 Å². The number of quaternary nitrogens is 1. The summed E-state index contributed by atoms with van der Waals surface area (Å²) < 4.78 is 23.1. The minimum absolute atomic E-state index is 0.0227. The van der Waals surface area contributed by atoms with Gasteiger partial charge in [0.25, 0.3) is 0 Å². The van der Waals surface area contributed by atoms with Crippen molar-refractivity contribution in [3.05, 3.63) is 0 Å². The molecule has 0 aliphatic carbocycles. The number of rotatable bonds is 32. The summed E-state index contributed by atoms with van der Waals surface area (Å²) in [5.41, 5.74) is 0. The summed E-state index contributed by atoms with van der Waals surface area (Å²) in [5.74, 6) is -1.05. The van der Waals surface area contributed by atoms with Crippen molar-refractivity contribution in [3.63, 3.8) is 0 Å². The number of unbranched alkanes of at least 4 members (excludes halogenated alkanes) is 6. The number of hydrogen-bond acceptors (Lipinski definition) is 9. The van der Waals surface area contributed by atoms with E-state index in [1.54, 1.807) is 0 Å². The molecule has 0 bridgehead atoms. The summed E-state index contributed by atoms with van der Waals surface area (Å²) in [6.07, 6.45) is 8.14. The second-order valence-electron chi connectivity index (χ2n) is 12.3. The van der Waals surface area contributed by atoms with Gasteiger partial charge in [0.2, 0.25) is 5.91 Å². The lowest BCUT2D eigenvalue weighted by molar-refractivity contribution is -0.884. The van der Waals surface area contributed by atoms with Gasteiger partial charge in [-0.05, 0) is 33.1 Å². The van der Waals surface area contributed by atoms with Gasteiger partial charge in [0.1, 0.15) is 6.54 Å². The van der Waals surface area contributed by atoms with Crippen LogP contribution in [0.1, 0.15) is 104 Å². The molecule has 4 atom stereocenters. The van der Waals surface area contributed by atoms with E-state index < -0.39 is 24.3 Å². The zero-order valence-corrected chi connectivity index (χ0v) is 28.6. The molecule has 4 unspecified atom stereocenters. The number of nitrogens with one attached hydrogen (secondary N) is 1. The number of carbonyl (C=O) groups excluding carboxylic acids is 2. The molecule has 44 heavy (non-hydrogen) atoms. The van der Waals surface area contributed by atoms with Gasteiger partial charge in [0, 0.05) is 39.0 Å². The number of aliphatic hydroxyl groups is 2. The molecular formula is C33H66N2O9. The quantitative estimate of drug-likeness (QED) is 0.0751. The number of likely N-dealkylation sites (N-methyl/N-ethyl adjacent to an activating group) is 1. The number of hydrogen-bond donors (Lipinski definition) is 3. The predicted octanol–water partition coefficient (Wildman–Crippen LogP) is 2.59. The number of nitrogens with zero attached hydrogens (tertiary/aromatic N) is 1. The Bertz CT molecular complexity index is 696. The summed E-state index contributed by atoms with van der Waals surface area (Å²) in [7, 11) is 3.67. The third kappa shape index (κ3) is 24.9. The molecule has 0 aromatic heterocycles. The van der Waals surface area contributed by atoms with Crippen LogP contribution in [-0.2, 0) is 28.5 Å². The zero-order valence-electron chi connectivity index (χ0n) is 28.6. The molecule has 0 saturated heterocycles. The van der Waals surface area contributed by atoms with Crippen LogP contribution in [-0.4, -0.2) is 124 Å². The SMILES string of the molecule is CCCCCC(OCCOCC)C(O)CC(O)C(CCCCCCCC(=O)NCCC[N+](C)(C)CC(=O)[O-])OCCOCC. The first-order chi connectivity index (χ1) is 21.1. The average Bonchev–Trinajstić information content (AvgIpc) is 2.96. The van der Waals surface area contributed by atoms with Gasteiger partial charge in [-0.2, -0.15) is 0 Å². The van der Waals surface area contributed by atoms with Crippen molar-refractivity contribution in [1.29, 1.82) is 0 Å². The third-order valence-electron chi connectivity index (χ3n) is 7.67. The van der Waals surface area contributed by atoms with Crippen LogP contribution in [0.5, 0.6) is 0 Å². The Morgan fingerprint density at radius 2 is 1.27 bits per heavy atom. The van der Waals surface area contributed by atoms with Crippen LogP contribution in [0.4, 0.5) is 0 Å². The fraction of sp³-hybridized carbons (Fsp3) is 0.939. The van der Waals surface area contributed by atoms with Crippen molar-refractivity contribution in [2.45, 2.75) is 129 Å². The summed E-state index contributed by atoms with van der Waals surface area (Å²) in [6.45, 7) is 10.1. The molecule has 0 rings (SSSR count). The lowest BCUT2D eigenvalue weighted by Crippen LogP contribution is -2.49. The first-order valence-electron chi connectivity index (χ1n) is 17.1. The van der Waals surface area contributed by atoms with E-state index in [9.17, 15) is 24.9 Å². The Balaban J connectivity index is 4.51. The van der Waals surface area contributed by atoms with Crippen molar-refractivity contribution in [2.24, 2.45) is 0 Å². The second kappa shape index (κ2) is 27.9. The van der Waals surface area contributed by atoms with Gasteiger partial charge >= 0.3 is 0 Å². The number of amides is 1. The Hall–Kier alpha value is -1.34. The van der Waals surface area contributed by atoms with Gasteiger partial charge < -0.3 is 48.9 Å². The van der Waals surface area contributed by atoms with Crippen molar-refractivity contribution in [3.8, 4) is 0 Å². The molecule has 3 N–H and O–H groups in total. The van der Waals surface area contributed by atoms with Crippen LogP contribution in [0.3, 0.4) is 0 Å². The number of ether oxygens (including phenoxy) is 4. The number of carbonyl (C=O) groups is 2. The first-order valence-corrected chi connectivity index (χ1v) is 17.1. The van der Waals surface area contributed by atoms with Crippen LogP contribution in [0.2, 0.25) is 0 Å². The average molecular weight is 635 g/mol. The topological polar surface area (TPSA) is 147 Å². The lowest BCUT2D eigenvalue weighted by atomic mass is 9.96. The van der Waals surface area contributed by atoms with Gasteiger partial charge in [-0.3, -0.25) is 4.79 Å². The lowest BCUT2D eigenvalue weighted by Gasteiger charge is -2.30.